The van der Waals surface area contributed by atoms with Crippen LogP contribution in [0.25, 0.3) is 11.3 Å². The van der Waals surface area contributed by atoms with Gasteiger partial charge in [0.25, 0.3) is 0 Å². The first-order chi connectivity index (χ1) is 14.2. The van der Waals surface area contributed by atoms with Gasteiger partial charge in [-0.1, -0.05) is 12.1 Å². The van der Waals surface area contributed by atoms with Gasteiger partial charge in [0.05, 0.1) is 17.4 Å². The van der Waals surface area contributed by atoms with Gasteiger partial charge in [-0.2, -0.15) is 0 Å². The smallest absolute Gasteiger partial charge is 0.172 e. The van der Waals surface area contributed by atoms with Crippen LogP contribution in [0.4, 0.5) is 11.5 Å². The second-order valence-electron chi connectivity index (χ2n) is 8.53. The quantitative estimate of drug-likeness (QED) is 0.736. The highest BCUT2D eigenvalue weighted by atomic mass is 16.3. The van der Waals surface area contributed by atoms with E-state index in [2.05, 4.69) is 43.6 Å². The van der Waals surface area contributed by atoms with Gasteiger partial charge in [0.15, 0.2) is 5.82 Å². The first-order valence-corrected chi connectivity index (χ1v) is 10.8. The summed E-state index contributed by atoms with van der Waals surface area (Å²) in [4.78, 5) is 5.16. The number of phenols is 1. The highest BCUT2D eigenvalue weighted by molar-refractivity contribution is 5.76. The molecule has 154 valence electrons. The minimum absolute atomic E-state index is 0.239. The van der Waals surface area contributed by atoms with Crippen molar-refractivity contribution < 1.29 is 5.11 Å². The lowest BCUT2D eigenvalue weighted by Crippen LogP contribution is -2.60. The fraction of sp³-hybridized carbons (Fsp3) is 0.545. The lowest BCUT2D eigenvalue weighted by Gasteiger charge is -2.49. The number of piperidine rings is 1. The molecule has 0 spiro atoms. The second kappa shape index (κ2) is 7.80. The summed E-state index contributed by atoms with van der Waals surface area (Å²) in [6.07, 6.45) is 2.57. The average Bonchev–Trinajstić information content (AvgIpc) is 2.78. The third kappa shape index (κ3) is 3.53. The third-order valence-electron chi connectivity index (χ3n) is 6.92. The van der Waals surface area contributed by atoms with Crippen LogP contribution in [0.15, 0.2) is 30.3 Å². The van der Waals surface area contributed by atoms with Crippen molar-refractivity contribution in [2.24, 2.45) is 5.92 Å². The minimum atomic E-state index is 0.239. The topological polar surface area (TPSA) is 76.5 Å². The van der Waals surface area contributed by atoms with Crippen molar-refractivity contribution in [1.29, 1.82) is 0 Å². The van der Waals surface area contributed by atoms with Gasteiger partial charge in [-0.25, -0.2) is 0 Å². The van der Waals surface area contributed by atoms with E-state index in [0.29, 0.717) is 12.1 Å². The van der Waals surface area contributed by atoms with E-state index in [9.17, 15) is 5.11 Å². The van der Waals surface area contributed by atoms with Crippen LogP contribution in [0.2, 0.25) is 0 Å². The average molecular weight is 395 g/mol. The van der Waals surface area contributed by atoms with Crippen molar-refractivity contribution in [2.45, 2.75) is 31.8 Å². The molecule has 7 heteroatoms. The summed E-state index contributed by atoms with van der Waals surface area (Å²) in [5.74, 6) is 1.88. The zero-order valence-corrected chi connectivity index (χ0v) is 17.0. The largest absolute Gasteiger partial charge is 0.507 e. The maximum Gasteiger partial charge on any atom is 0.172 e. The van der Waals surface area contributed by atoms with Crippen LogP contribution >= 0.6 is 0 Å². The van der Waals surface area contributed by atoms with E-state index in [-0.39, 0.29) is 5.75 Å². The molecule has 2 fully saturated rings. The molecule has 1 aromatic carbocycles. The zero-order valence-electron chi connectivity index (χ0n) is 17.0. The van der Waals surface area contributed by atoms with E-state index in [1.165, 1.54) is 12.8 Å². The number of anilines is 2. The molecule has 3 aliphatic heterocycles. The number of nitrogens with one attached hydrogen (secondary N) is 2. The monoisotopic (exact) mass is 394 g/mol. The Morgan fingerprint density at radius 1 is 1.14 bits per heavy atom. The summed E-state index contributed by atoms with van der Waals surface area (Å²) in [5, 5.41) is 25.9. The maximum absolute atomic E-state index is 10.2. The normalized spacial score (nSPS) is 23.8. The third-order valence-corrected chi connectivity index (χ3v) is 6.92. The standard InChI is InChI=1S/C22H30N6O/c1-15(16-6-8-23-9-7-16)27-10-11-28-17(14-27)13-24-22-20(28)12-19(25-26-22)18-4-2-3-5-21(18)29/h2-5,12,15-17,23,29H,6-11,13-14H2,1H3,(H,24,26)/t15?,17-/m0/s1. The number of piperazine rings is 1. The molecular weight excluding hydrogens is 364 g/mol. The van der Waals surface area contributed by atoms with Gasteiger partial charge in [-0.15, -0.1) is 10.2 Å². The van der Waals surface area contributed by atoms with Crippen molar-refractivity contribution in [2.75, 3.05) is 49.5 Å². The summed E-state index contributed by atoms with van der Waals surface area (Å²) in [6, 6.07) is 10.5. The second-order valence-corrected chi connectivity index (χ2v) is 8.53. The molecule has 0 saturated carbocycles. The summed E-state index contributed by atoms with van der Waals surface area (Å²) < 4.78 is 0. The maximum atomic E-state index is 10.2. The molecule has 1 aromatic heterocycles. The Kier molecular flexibility index (Phi) is 5.01. The Hall–Kier alpha value is -2.38. The van der Waals surface area contributed by atoms with E-state index >= 15 is 0 Å². The van der Waals surface area contributed by atoms with Gasteiger partial charge in [-0.05, 0) is 57.0 Å². The highest BCUT2D eigenvalue weighted by Gasteiger charge is 2.36. The van der Waals surface area contributed by atoms with Crippen LogP contribution < -0.4 is 15.5 Å². The van der Waals surface area contributed by atoms with Gasteiger partial charge in [0.1, 0.15) is 5.75 Å². The molecule has 5 rings (SSSR count). The lowest BCUT2D eigenvalue weighted by atomic mass is 9.89. The molecule has 3 aliphatic rings. The van der Waals surface area contributed by atoms with Crippen LogP contribution in [-0.2, 0) is 0 Å². The molecule has 2 saturated heterocycles. The van der Waals surface area contributed by atoms with E-state index < -0.39 is 0 Å². The van der Waals surface area contributed by atoms with Crippen LogP contribution in [-0.4, -0.2) is 71.6 Å². The minimum Gasteiger partial charge on any atom is -0.507 e. The molecule has 0 radical (unpaired) electrons. The van der Waals surface area contributed by atoms with Crippen molar-refractivity contribution in [1.82, 2.24) is 20.4 Å². The van der Waals surface area contributed by atoms with Crippen LogP contribution in [0, 0.1) is 5.92 Å². The number of hydrogen-bond donors (Lipinski definition) is 3. The highest BCUT2D eigenvalue weighted by Crippen LogP contribution is 2.36. The van der Waals surface area contributed by atoms with E-state index in [1.54, 1.807) is 6.07 Å². The summed E-state index contributed by atoms with van der Waals surface area (Å²) >= 11 is 0. The molecular formula is C22H30N6O. The molecule has 2 aromatic rings. The van der Waals surface area contributed by atoms with E-state index in [1.807, 2.05) is 18.2 Å². The lowest BCUT2D eigenvalue weighted by molar-refractivity contribution is 0.112. The molecule has 29 heavy (non-hydrogen) atoms. The predicted octanol–water partition coefficient (Wildman–Crippen LogP) is 2.15. The van der Waals surface area contributed by atoms with Gasteiger partial charge in [0.2, 0.25) is 0 Å². The number of aromatic nitrogens is 2. The molecule has 0 amide bonds. The number of nitrogens with zero attached hydrogens (tertiary/aromatic N) is 4. The molecule has 0 aliphatic carbocycles. The predicted molar refractivity (Wildman–Crippen MR) is 115 cm³/mol. The van der Waals surface area contributed by atoms with Crippen molar-refractivity contribution in [3.8, 4) is 17.0 Å². The summed E-state index contributed by atoms with van der Waals surface area (Å²) in [5.41, 5.74) is 2.54. The van der Waals surface area contributed by atoms with Crippen molar-refractivity contribution in [3.05, 3.63) is 30.3 Å². The fourth-order valence-corrected chi connectivity index (χ4v) is 5.13. The Morgan fingerprint density at radius 3 is 2.79 bits per heavy atom. The number of rotatable bonds is 3. The van der Waals surface area contributed by atoms with Gasteiger partial charge < -0.3 is 20.6 Å². The number of aromatic hydroxyl groups is 1. The van der Waals surface area contributed by atoms with E-state index in [4.69, 9.17) is 0 Å². The Morgan fingerprint density at radius 2 is 1.97 bits per heavy atom. The van der Waals surface area contributed by atoms with Crippen LogP contribution in [0.3, 0.4) is 0 Å². The van der Waals surface area contributed by atoms with Gasteiger partial charge >= 0.3 is 0 Å². The summed E-state index contributed by atoms with van der Waals surface area (Å²) in [7, 11) is 0. The molecule has 2 atom stereocenters. The number of para-hydroxylation sites is 1. The number of benzene rings is 1. The molecule has 0 bridgehead atoms. The van der Waals surface area contributed by atoms with Crippen LogP contribution in [0.1, 0.15) is 19.8 Å². The molecule has 4 heterocycles. The zero-order chi connectivity index (χ0) is 19.8. The number of fused-ring (bicyclic) bond motifs is 3. The number of phenolic OH excluding ortho intramolecular Hbond substituents is 1. The Labute approximate surface area is 172 Å². The van der Waals surface area contributed by atoms with Crippen molar-refractivity contribution in [3.63, 3.8) is 0 Å². The van der Waals surface area contributed by atoms with Gasteiger partial charge in [0, 0.05) is 37.8 Å². The molecule has 7 nitrogen and oxygen atoms in total. The van der Waals surface area contributed by atoms with E-state index in [0.717, 1.165) is 67.9 Å². The fourth-order valence-electron chi connectivity index (χ4n) is 5.13. The molecule has 3 N–H and O–H groups in total. The number of hydrogen-bond acceptors (Lipinski definition) is 7. The SMILES string of the molecule is CC(C1CCNCC1)N1CCN2c3cc(-c4ccccc4O)nnc3NC[C@H]2C1. The van der Waals surface area contributed by atoms with Gasteiger partial charge in [-0.3, -0.25) is 4.90 Å². The van der Waals surface area contributed by atoms with Crippen molar-refractivity contribution >= 4 is 11.5 Å². The first-order valence-electron chi connectivity index (χ1n) is 10.8. The summed E-state index contributed by atoms with van der Waals surface area (Å²) in [6.45, 7) is 8.77. The first kappa shape index (κ1) is 18.6. The van der Waals surface area contributed by atoms with Crippen LogP contribution in [0.5, 0.6) is 5.75 Å². The Balaban J connectivity index is 1.35. The molecule has 1 unspecified atom stereocenters. The Bertz CT molecular complexity index is 868.